The molecule has 0 saturated carbocycles. The highest BCUT2D eigenvalue weighted by Gasteiger charge is 2.15. The third kappa shape index (κ3) is 1.99. The topological polar surface area (TPSA) is 52.3 Å². The smallest absolute Gasteiger partial charge is 0.224 e. The van der Waals surface area contributed by atoms with Gasteiger partial charge in [0.25, 0.3) is 0 Å². The Balaban J connectivity index is 3.05. The van der Waals surface area contributed by atoms with Crippen molar-refractivity contribution in [1.29, 1.82) is 0 Å². The molecule has 3 heteroatoms. The molecule has 70 valence electrons. The lowest BCUT2D eigenvalue weighted by molar-refractivity contribution is -0.119. The highest BCUT2D eigenvalue weighted by molar-refractivity contribution is 5.82. The molecule has 0 aliphatic rings. The molecule has 1 aromatic carbocycles. The number of hydrogen-bond donors (Lipinski definition) is 1. The van der Waals surface area contributed by atoms with Crippen LogP contribution in [0.15, 0.2) is 24.3 Å². The number of carbonyl (C=O) groups is 1. The SMILES string of the molecule is COc1ccccc1C(C)C(N)=O. The van der Waals surface area contributed by atoms with Crippen LogP contribution in [0.2, 0.25) is 0 Å². The second kappa shape index (κ2) is 3.94. The summed E-state index contributed by atoms with van der Waals surface area (Å²) in [4.78, 5) is 10.9. The van der Waals surface area contributed by atoms with Gasteiger partial charge >= 0.3 is 0 Å². The van der Waals surface area contributed by atoms with Gasteiger partial charge in [-0.15, -0.1) is 0 Å². The van der Waals surface area contributed by atoms with Crippen molar-refractivity contribution < 1.29 is 9.53 Å². The Morgan fingerprint density at radius 3 is 2.62 bits per heavy atom. The Labute approximate surface area is 77.5 Å². The molecule has 0 saturated heterocycles. The molecule has 0 fully saturated rings. The van der Waals surface area contributed by atoms with Gasteiger partial charge < -0.3 is 10.5 Å². The number of benzene rings is 1. The molecule has 13 heavy (non-hydrogen) atoms. The van der Waals surface area contributed by atoms with E-state index in [2.05, 4.69) is 0 Å². The molecular weight excluding hydrogens is 166 g/mol. The van der Waals surface area contributed by atoms with Crippen LogP contribution in [-0.2, 0) is 4.79 Å². The summed E-state index contributed by atoms with van der Waals surface area (Å²) in [5, 5.41) is 0. The van der Waals surface area contributed by atoms with Crippen LogP contribution in [0.1, 0.15) is 18.4 Å². The number of primary amides is 1. The lowest BCUT2D eigenvalue weighted by atomic mass is 10.00. The summed E-state index contributed by atoms with van der Waals surface area (Å²) in [7, 11) is 1.58. The number of para-hydroxylation sites is 1. The number of nitrogens with two attached hydrogens (primary N) is 1. The zero-order valence-electron chi connectivity index (χ0n) is 7.78. The maximum Gasteiger partial charge on any atom is 0.224 e. The molecule has 0 heterocycles. The summed E-state index contributed by atoms with van der Waals surface area (Å²) in [6.45, 7) is 1.76. The first kappa shape index (κ1) is 9.58. The number of ether oxygens (including phenoxy) is 1. The summed E-state index contributed by atoms with van der Waals surface area (Å²) in [5.41, 5.74) is 6.03. The number of amides is 1. The highest BCUT2D eigenvalue weighted by Crippen LogP contribution is 2.25. The largest absolute Gasteiger partial charge is 0.496 e. The molecule has 0 spiro atoms. The van der Waals surface area contributed by atoms with E-state index in [-0.39, 0.29) is 11.8 Å². The lowest BCUT2D eigenvalue weighted by Crippen LogP contribution is -2.19. The van der Waals surface area contributed by atoms with Crippen molar-refractivity contribution in [2.75, 3.05) is 7.11 Å². The second-order valence-electron chi connectivity index (χ2n) is 2.87. The van der Waals surface area contributed by atoms with Gasteiger partial charge in [0, 0.05) is 5.56 Å². The Morgan fingerprint density at radius 2 is 2.08 bits per heavy atom. The maximum absolute atomic E-state index is 10.9. The van der Waals surface area contributed by atoms with E-state index in [0.717, 1.165) is 5.56 Å². The van der Waals surface area contributed by atoms with Crippen LogP contribution >= 0.6 is 0 Å². The van der Waals surface area contributed by atoms with E-state index in [1.165, 1.54) is 0 Å². The minimum Gasteiger partial charge on any atom is -0.496 e. The van der Waals surface area contributed by atoms with Crippen LogP contribution < -0.4 is 10.5 Å². The van der Waals surface area contributed by atoms with Crippen LogP contribution in [0.3, 0.4) is 0 Å². The number of rotatable bonds is 3. The fourth-order valence-electron chi connectivity index (χ4n) is 1.18. The minimum atomic E-state index is -0.343. The first-order valence-electron chi connectivity index (χ1n) is 4.09. The minimum absolute atomic E-state index is 0.309. The van der Waals surface area contributed by atoms with E-state index in [0.29, 0.717) is 5.75 Å². The van der Waals surface area contributed by atoms with Crippen LogP contribution in [0, 0.1) is 0 Å². The van der Waals surface area contributed by atoms with Gasteiger partial charge in [-0.25, -0.2) is 0 Å². The van der Waals surface area contributed by atoms with Crippen molar-refractivity contribution in [1.82, 2.24) is 0 Å². The Kier molecular flexibility index (Phi) is 2.90. The number of carbonyl (C=O) groups excluding carboxylic acids is 1. The van der Waals surface area contributed by atoms with Gasteiger partial charge in [0.2, 0.25) is 5.91 Å². The molecule has 1 unspecified atom stereocenters. The van der Waals surface area contributed by atoms with Crippen molar-refractivity contribution in [2.24, 2.45) is 5.73 Å². The summed E-state index contributed by atoms with van der Waals surface area (Å²) in [5.74, 6) is 0.0504. The number of hydrogen-bond acceptors (Lipinski definition) is 2. The van der Waals surface area contributed by atoms with E-state index < -0.39 is 0 Å². The van der Waals surface area contributed by atoms with E-state index in [4.69, 9.17) is 10.5 Å². The molecule has 0 radical (unpaired) electrons. The average Bonchev–Trinajstić information content (AvgIpc) is 2.16. The molecule has 1 atom stereocenters. The first-order chi connectivity index (χ1) is 6.16. The van der Waals surface area contributed by atoms with Gasteiger partial charge in [-0.2, -0.15) is 0 Å². The summed E-state index contributed by atoms with van der Waals surface area (Å²) >= 11 is 0. The molecule has 0 aromatic heterocycles. The molecule has 0 aliphatic carbocycles. The first-order valence-corrected chi connectivity index (χ1v) is 4.09. The molecule has 1 amide bonds. The van der Waals surface area contributed by atoms with Crippen molar-refractivity contribution in [3.63, 3.8) is 0 Å². The molecule has 1 rings (SSSR count). The Morgan fingerprint density at radius 1 is 1.46 bits per heavy atom. The van der Waals surface area contributed by atoms with Crippen LogP contribution in [0.25, 0.3) is 0 Å². The van der Waals surface area contributed by atoms with E-state index in [1.807, 2.05) is 24.3 Å². The van der Waals surface area contributed by atoms with Crippen LogP contribution in [0.5, 0.6) is 5.75 Å². The fraction of sp³-hybridized carbons (Fsp3) is 0.300. The maximum atomic E-state index is 10.9. The predicted molar refractivity (Wildman–Crippen MR) is 50.6 cm³/mol. The average molecular weight is 179 g/mol. The normalized spacial score (nSPS) is 12.2. The quantitative estimate of drug-likeness (QED) is 0.760. The summed E-state index contributed by atoms with van der Waals surface area (Å²) in [6, 6.07) is 7.37. The zero-order chi connectivity index (χ0) is 9.84. The molecule has 0 aliphatic heterocycles. The van der Waals surface area contributed by atoms with Gasteiger partial charge in [0.05, 0.1) is 13.0 Å². The van der Waals surface area contributed by atoms with Gasteiger partial charge in [-0.05, 0) is 13.0 Å². The summed E-state index contributed by atoms with van der Waals surface area (Å²) in [6.07, 6.45) is 0. The molecular formula is C10H13NO2. The third-order valence-electron chi connectivity index (χ3n) is 2.03. The van der Waals surface area contributed by atoms with E-state index in [1.54, 1.807) is 14.0 Å². The predicted octanol–water partition coefficient (Wildman–Crippen LogP) is 1.28. The fourth-order valence-corrected chi connectivity index (χ4v) is 1.18. The van der Waals surface area contributed by atoms with Crippen LogP contribution in [-0.4, -0.2) is 13.0 Å². The van der Waals surface area contributed by atoms with Crippen molar-refractivity contribution >= 4 is 5.91 Å². The van der Waals surface area contributed by atoms with Crippen molar-refractivity contribution in [3.8, 4) is 5.75 Å². The molecule has 3 nitrogen and oxygen atoms in total. The third-order valence-corrected chi connectivity index (χ3v) is 2.03. The summed E-state index contributed by atoms with van der Waals surface area (Å²) < 4.78 is 5.11. The molecule has 2 N–H and O–H groups in total. The Hall–Kier alpha value is -1.51. The standard InChI is InChI=1S/C10H13NO2/c1-7(10(11)12)8-5-3-4-6-9(8)13-2/h3-7H,1-2H3,(H2,11,12). The van der Waals surface area contributed by atoms with Crippen molar-refractivity contribution in [3.05, 3.63) is 29.8 Å². The van der Waals surface area contributed by atoms with E-state index in [9.17, 15) is 4.79 Å². The number of methoxy groups -OCH3 is 1. The highest BCUT2D eigenvalue weighted by atomic mass is 16.5. The van der Waals surface area contributed by atoms with Crippen LogP contribution in [0.4, 0.5) is 0 Å². The van der Waals surface area contributed by atoms with Gasteiger partial charge in [0.1, 0.15) is 5.75 Å². The van der Waals surface area contributed by atoms with Gasteiger partial charge in [-0.1, -0.05) is 18.2 Å². The molecule has 1 aromatic rings. The van der Waals surface area contributed by atoms with Crippen molar-refractivity contribution in [2.45, 2.75) is 12.8 Å². The van der Waals surface area contributed by atoms with Gasteiger partial charge in [0.15, 0.2) is 0 Å². The Bertz CT molecular complexity index is 310. The monoisotopic (exact) mass is 179 g/mol. The molecule has 0 bridgehead atoms. The lowest BCUT2D eigenvalue weighted by Gasteiger charge is -2.11. The van der Waals surface area contributed by atoms with Gasteiger partial charge in [-0.3, -0.25) is 4.79 Å². The second-order valence-corrected chi connectivity index (χ2v) is 2.87. The van der Waals surface area contributed by atoms with E-state index >= 15 is 0 Å². The zero-order valence-corrected chi connectivity index (χ0v) is 7.78.